The molecule has 0 spiro atoms. The van der Waals surface area contributed by atoms with E-state index in [0.717, 1.165) is 30.9 Å². The molecule has 0 aliphatic carbocycles. The molecule has 7 heteroatoms. The molecule has 0 amide bonds. The van der Waals surface area contributed by atoms with Crippen LogP contribution in [0.3, 0.4) is 0 Å². The van der Waals surface area contributed by atoms with E-state index in [1.54, 1.807) is 20.2 Å². The molecule has 0 aromatic heterocycles. The van der Waals surface area contributed by atoms with Gasteiger partial charge in [0.2, 0.25) is 0 Å². The Morgan fingerprint density at radius 1 is 1.14 bits per heavy atom. The van der Waals surface area contributed by atoms with Crippen LogP contribution in [0.1, 0.15) is 30.0 Å². The Balaban J connectivity index is 0.00000300. The van der Waals surface area contributed by atoms with Crippen LogP contribution in [0.2, 0.25) is 0 Å². The molecule has 0 radical (unpaired) electrons. The van der Waals surface area contributed by atoms with E-state index in [2.05, 4.69) is 32.7 Å². The zero-order chi connectivity index (χ0) is 19.8. The highest BCUT2D eigenvalue weighted by atomic mass is 127. The number of aliphatic imine (C=N–C) groups is 1. The third-order valence-corrected chi connectivity index (χ3v) is 5.12. The van der Waals surface area contributed by atoms with Crippen molar-refractivity contribution >= 4 is 29.9 Å². The first-order chi connectivity index (χ1) is 13.7. The zero-order valence-electron chi connectivity index (χ0n) is 17.0. The summed E-state index contributed by atoms with van der Waals surface area (Å²) in [5.74, 6) is 1.35. The van der Waals surface area contributed by atoms with Crippen molar-refractivity contribution in [3.05, 3.63) is 65.5 Å². The second-order valence-electron chi connectivity index (χ2n) is 6.97. The Morgan fingerprint density at radius 2 is 1.86 bits per heavy atom. The number of rotatable bonds is 7. The minimum atomic E-state index is -0.226. The number of likely N-dealkylation sites (tertiary alicyclic amines) is 1. The summed E-state index contributed by atoms with van der Waals surface area (Å²) in [6.07, 6.45) is 2.47. The van der Waals surface area contributed by atoms with Crippen LogP contribution in [0, 0.1) is 5.82 Å². The number of guanidine groups is 1. The van der Waals surface area contributed by atoms with Crippen molar-refractivity contribution in [2.75, 3.05) is 33.8 Å². The van der Waals surface area contributed by atoms with Crippen LogP contribution < -0.4 is 15.4 Å². The van der Waals surface area contributed by atoms with Gasteiger partial charge in [-0.15, -0.1) is 24.0 Å². The summed E-state index contributed by atoms with van der Waals surface area (Å²) in [7, 11) is 3.43. The van der Waals surface area contributed by atoms with E-state index in [0.29, 0.717) is 12.5 Å². The second-order valence-corrected chi connectivity index (χ2v) is 6.97. The number of hydrogen-bond donors (Lipinski definition) is 2. The van der Waals surface area contributed by atoms with Crippen molar-refractivity contribution in [1.29, 1.82) is 0 Å². The summed E-state index contributed by atoms with van der Waals surface area (Å²) in [5, 5.41) is 6.69. The maximum Gasteiger partial charge on any atom is 0.191 e. The standard InChI is InChI=1S/C22H29FN4O.HI/c1-24-22(25-15-17-6-5-7-19(23)14-17)26-16-21(27-12-3-4-13-27)18-8-10-20(28-2)11-9-18;/h5-11,14,21H,3-4,12-13,15-16H2,1-2H3,(H2,24,25,26);1H. The van der Waals surface area contributed by atoms with Gasteiger partial charge in [-0.1, -0.05) is 24.3 Å². The van der Waals surface area contributed by atoms with Gasteiger partial charge >= 0.3 is 0 Å². The first-order valence-corrected chi connectivity index (χ1v) is 9.76. The molecule has 0 saturated carbocycles. The first kappa shape index (κ1) is 23.4. The van der Waals surface area contributed by atoms with E-state index in [1.165, 1.54) is 30.5 Å². The van der Waals surface area contributed by atoms with Crippen LogP contribution in [-0.2, 0) is 6.54 Å². The predicted octanol–water partition coefficient (Wildman–Crippen LogP) is 3.95. The van der Waals surface area contributed by atoms with E-state index < -0.39 is 0 Å². The van der Waals surface area contributed by atoms with Crippen LogP contribution in [0.5, 0.6) is 5.75 Å². The molecule has 1 aliphatic rings. The van der Waals surface area contributed by atoms with Gasteiger partial charge in [-0.3, -0.25) is 9.89 Å². The number of hydrogen-bond acceptors (Lipinski definition) is 3. The molecule has 5 nitrogen and oxygen atoms in total. The maximum atomic E-state index is 13.4. The van der Waals surface area contributed by atoms with Gasteiger partial charge in [0.15, 0.2) is 5.96 Å². The molecule has 3 rings (SSSR count). The van der Waals surface area contributed by atoms with Gasteiger partial charge in [0, 0.05) is 20.1 Å². The van der Waals surface area contributed by atoms with Gasteiger partial charge in [0.1, 0.15) is 11.6 Å². The molecule has 2 aromatic carbocycles. The largest absolute Gasteiger partial charge is 0.497 e. The summed E-state index contributed by atoms with van der Waals surface area (Å²) in [6, 6.07) is 15.1. The average Bonchev–Trinajstić information content (AvgIpc) is 3.25. The Kier molecular flexibility index (Phi) is 9.66. The topological polar surface area (TPSA) is 48.9 Å². The lowest BCUT2D eigenvalue weighted by molar-refractivity contribution is 0.245. The second kappa shape index (κ2) is 12.0. The van der Waals surface area contributed by atoms with Crippen LogP contribution in [-0.4, -0.2) is 44.7 Å². The lowest BCUT2D eigenvalue weighted by Gasteiger charge is -2.29. The molecule has 29 heavy (non-hydrogen) atoms. The molecule has 1 heterocycles. The fourth-order valence-corrected chi connectivity index (χ4v) is 3.58. The molecular formula is C22H30FIN4O. The van der Waals surface area contributed by atoms with Crippen molar-refractivity contribution in [1.82, 2.24) is 15.5 Å². The molecule has 2 N–H and O–H groups in total. The van der Waals surface area contributed by atoms with Gasteiger partial charge in [0.05, 0.1) is 13.2 Å². The Labute approximate surface area is 189 Å². The van der Waals surface area contributed by atoms with E-state index in [-0.39, 0.29) is 35.8 Å². The number of halogens is 2. The number of ether oxygens (including phenoxy) is 1. The first-order valence-electron chi connectivity index (χ1n) is 9.76. The van der Waals surface area contributed by atoms with Crippen molar-refractivity contribution in [3.8, 4) is 5.75 Å². The van der Waals surface area contributed by atoms with Crippen molar-refractivity contribution in [2.45, 2.75) is 25.4 Å². The number of benzene rings is 2. The van der Waals surface area contributed by atoms with Crippen LogP contribution >= 0.6 is 24.0 Å². The van der Waals surface area contributed by atoms with Crippen LogP contribution in [0.25, 0.3) is 0 Å². The molecule has 1 atom stereocenters. The smallest absolute Gasteiger partial charge is 0.191 e. The summed E-state index contributed by atoms with van der Waals surface area (Å²) in [5.41, 5.74) is 2.14. The SMILES string of the molecule is CN=C(NCc1cccc(F)c1)NCC(c1ccc(OC)cc1)N1CCCC1.I. The fraction of sp³-hybridized carbons (Fsp3) is 0.409. The summed E-state index contributed by atoms with van der Waals surface area (Å²) in [4.78, 5) is 6.82. The van der Waals surface area contributed by atoms with E-state index in [9.17, 15) is 4.39 Å². The van der Waals surface area contributed by atoms with E-state index in [1.807, 2.05) is 18.2 Å². The summed E-state index contributed by atoms with van der Waals surface area (Å²) in [6.45, 7) is 3.48. The third-order valence-electron chi connectivity index (χ3n) is 5.12. The quantitative estimate of drug-likeness (QED) is 0.335. The number of methoxy groups -OCH3 is 1. The molecule has 158 valence electrons. The monoisotopic (exact) mass is 512 g/mol. The number of nitrogens with one attached hydrogen (secondary N) is 2. The molecule has 1 saturated heterocycles. The average molecular weight is 512 g/mol. The van der Waals surface area contributed by atoms with E-state index in [4.69, 9.17) is 4.74 Å². The Morgan fingerprint density at radius 3 is 2.48 bits per heavy atom. The maximum absolute atomic E-state index is 13.4. The summed E-state index contributed by atoms with van der Waals surface area (Å²) < 4.78 is 18.6. The van der Waals surface area contributed by atoms with Crippen LogP contribution in [0.4, 0.5) is 4.39 Å². The Bertz CT molecular complexity index is 779. The zero-order valence-corrected chi connectivity index (χ0v) is 19.4. The van der Waals surface area contributed by atoms with Crippen molar-refractivity contribution < 1.29 is 9.13 Å². The van der Waals surface area contributed by atoms with Gasteiger partial charge < -0.3 is 15.4 Å². The molecular weight excluding hydrogens is 482 g/mol. The van der Waals surface area contributed by atoms with Gasteiger partial charge in [-0.25, -0.2) is 4.39 Å². The highest BCUT2D eigenvalue weighted by Gasteiger charge is 2.23. The Hall–Kier alpha value is -1.87. The fourth-order valence-electron chi connectivity index (χ4n) is 3.58. The van der Waals surface area contributed by atoms with E-state index >= 15 is 0 Å². The van der Waals surface area contributed by atoms with Gasteiger partial charge in [-0.2, -0.15) is 0 Å². The lowest BCUT2D eigenvalue weighted by Crippen LogP contribution is -2.42. The van der Waals surface area contributed by atoms with Crippen LogP contribution in [0.15, 0.2) is 53.5 Å². The number of nitrogens with zero attached hydrogens (tertiary/aromatic N) is 2. The minimum absolute atomic E-state index is 0. The highest BCUT2D eigenvalue weighted by molar-refractivity contribution is 14.0. The highest BCUT2D eigenvalue weighted by Crippen LogP contribution is 2.26. The van der Waals surface area contributed by atoms with Crippen molar-refractivity contribution in [2.24, 2.45) is 4.99 Å². The molecule has 1 fully saturated rings. The lowest BCUT2D eigenvalue weighted by atomic mass is 10.1. The molecule has 0 bridgehead atoms. The van der Waals surface area contributed by atoms with Crippen molar-refractivity contribution in [3.63, 3.8) is 0 Å². The van der Waals surface area contributed by atoms with Gasteiger partial charge in [-0.05, 0) is 61.3 Å². The predicted molar refractivity (Wildman–Crippen MR) is 127 cm³/mol. The molecule has 1 unspecified atom stereocenters. The minimum Gasteiger partial charge on any atom is -0.497 e. The molecule has 1 aliphatic heterocycles. The summed E-state index contributed by atoms with van der Waals surface area (Å²) >= 11 is 0. The van der Waals surface area contributed by atoms with Gasteiger partial charge in [0.25, 0.3) is 0 Å². The third kappa shape index (κ3) is 6.85. The molecule has 2 aromatic rings. The normalized spacial score (nSPS) is 15.5.